The molecule has 0 aliphatic heterocycles. The molecule has 0 spiro atoms. The molecule has 0 saturated heterocycles. The smallest absolute Gasteiger partial charge is 0.262 e. The van der Waals surface area contributed by atoms with Gasteiger partial charge in [-0.2, -0.15) is 0 Å². The van der Waals surface area contributed by atoms with E-state index in [1.54, 1.807) is 17.7 Å². The number of fused-ring (bicyclic) bond motifs is 1. The lowest BCUT2D eigenvalue weighted by Gasteiger charge is -2.15. The molecule has 6 nitrogen and oxygen atoms in total. The molecule has 0 unspecified atom stereocenters. The molecule has 0 aliphatic carbocycles. The zero-order valence-corrected chi connectivity index (χ0v) is 18.4. The maximum Gasteiger partial charge on any atom is 0.262 e. The van der Waals surface area contributed by atoms with Crippen LogP contribution in [0.4, 0.5) is 0 Å². The molecule has 3 aromatic rings. The van der Waals surface area contributed by atoms with Gasteiger partial charge in [0.1, 0.15) is 5.75 Å². The van der Waals surface area contributed by atoms with Gasteiger partial charge in [0, 0.05) is 6.04 Å². The van der Waals surface area contributed by atoms with Crippen molar-refractivity contribution in [2.45, 2.75) is 44.4 Å². The minimum atomic E-state index is -0.112. The van der Waals surface area contributed by atoms with Crippen molar-refractivity contribution in [3.63, 3.8) is 0 Å². The van der Waals surface area contributed by atoms with Crippen LogP contribution in [0.1, 0.15) is 32.3 Å². The SMILES string of the molecule is CCC[C@@H](C)NC(=O)CSc1nc2ccccc2c(=O)n1Cc1ccc(OC)cc1. The fourth-order valence-electron chi connectivity index (χ4n) is 3.26. The lowest BCUT2D eigenvalue weighted by Crippen LogP contribution is -2.34. The number of nitrogens with zero attached hydrogens (tertiary/aromatic N) is 2. The van der Waals surface area contributed by atoms with Gasteiger partial charge in [-0.25, -0.2) is 4.98 Å². The highest BCUT2D eigenvalue weighted by Crippen LogP contribution is 2.20. The van der Waals surface area contributed by atoms with Gasteiger partial charge in [0.2, 0.25) is 5.91 Å². The number of carbonyl (C=O) groups is 1. The van der Waals surface area contributed by atoms with Crippen molar-refractivity contribution in [2.75, 3.05) is 12.9 Å². The largest absolute Gasteiger partial charge is 0.497 e. The fourth-order valence-corrected chi connectivity index (χ4v) is 4.07. The summed E-state index contributed by atoms with van der Waals surface area (Å²) in [4.78, 5) is 30.2. The Kier molecular flexibility index (Phi) is 7.52. The topological polar surface area (TPSA) is 73.2 Å². The summed E-state index contributed by atoms with van der Waals surface area (Å²) in [6, 6.07) is 15.0. The number of thioether (sulfide) groups is 1. The summed E-state index contributed by atoms with van der Waals surface area (Å²) in [7, 11) is 1.62. The Morgan fingerprint density at radius 1 is 1.20 bits per heavy atom. The third-order valence-corrected chi connectivity index (χ3v) is 5.76. The van der Waals surface area contributed by atoms with Gasteiger partial charge in [-0.1, -0.05) is 49.4 Å². The molecule has 0 bridgehead atoms. The van der Waals surface area contributed by atoms with E-state index in [-0.39, 0.29) is 23.3 Å². The number of hydrogen-bond acceptors (Lipinski definition) is 5. The number of amides is 1. The molecule has 0 fully saturated rings. The van der Waals surface area contributed by atoms with Crippen molar-refractivity contribution in [3.05, 3.63) is 64.4 Å². The highest BCUT2D eigenvalue weighted by molar-refractivity contribution is 7.99. The Hall–Kier alpha value is -2.80. The van der Waals surface area contributed by atoms with Gasteiger partial charge >= 0.3 is 0 Å². The van der Waals surface area contributed by atoms with E-state index in [4.69, 9.17) is 4.74 Å². The highest BCUT2D eigenvalue weighted by Gasteiger charge is 2.14. The monoisotopic (exact) mass is 425 g/mol. The predicted octanol–water partition coefficient (Wildman–Crippen LogP) is 3.85. The van der Waals surface area contributed by atoms with E-state index >= 15 is 0 Å². The molecule has 30 heavy (non-hydrogen) atoms. The molecule has 1 heterocycles. The standard InChI is InChI=1S/C23H27N3O3S/c1-4-7-16(2)24-21(27)15-30-23-25-20-9-6-5-8-19(20)22(28)26(23)14-17-10-12-18(29-3)13-11-17/h5-6,8-13,16H,4,7,14-15H2,1-3H3,(H,24,27)/t16-/m1/s1. The Morgan fingerprint density at radius 2 is 1.93 bits per heavy atom. The average Bonchev–Trinajstić information content (AvgIpc) is 2.75. The summed E-state index contributed by atoms with van der Waals surface area (Å²) in [5.41, 5.74) is 1.48. The van der Waals surface area contributed by atoms with Crippen molar-refractivity contribution in [3.8, 4) is 5.75 Å². The van der Waals surface area contributed by atoms with Crippen LogP contribution in [0, 0.1) is 0 Å². The van der Waals surface area contributed by atoms with Crippen LogP contribution >= 0.6 is 11.8 Å². The second kappa shape index (κ2) is 10.3. The molecule has 7 heteroatoms. The van der Waals surface area contributed by atoms with E-state index in [9.17, 15) is 9.59 Å². The van der Waals surface area contributed by atoms with Gasteiger partial charge in [-0.05, 0) is 43.2 Å². The van der Waals surface area contributed by atoms with Crippen molar-refractivity contribution < 1.29 is 9.53 Å². The van der Waals surface area contributed by atoms with Crippen molar-refractivity contribution >= 4 is 28.6 Å². The van der Waals surface area contributed by atoms with Gasteiger partial charge in [-0.3, -0.25) is 14.2 Å². The number of ether oxygens (including phenoxy) is 1. The molecule has 1 atom stereocenters. The Balaban J connectivity index is 1.88. The van der Waals surface area contributed by atoms with Crippen LogP contribution in [0.5, 0.6) is 5.75 Å². The number of nitrogens with one attached hydrogen (secondary N) is 1. The zero-order valence-electron chi connectivity index (χ0n) is 17.6. The molecule has 1 aromatic heterocycles. The van der Waals surface area contributed by atoms with Crippen molar-refractivity contribution in [1.29, 1.82) is 0 Å². The van der Waals surface area contributed by atoms with Crippen LogP contribution in [-0.2, 0) is 11.3 Å². The normalized spacial score (nSPS) is 12.0. The van der Waals surface area contributed by atoms with E-state index < -0.39 is 0 Å². The molecule has 1 amide bonds. The molecule has 2 aromatic carbocycles. The van der Waals surface area contributed by atoms with E-state index in [0.717, 1.165) is 24.2 Å². The number of aromatic nitrogens is 2. The first kappa shape index (κ1) is 21.9. The third-order valence-electron chi connectivity index (χ3n) is 4.79. The Labute approximate surface area is 180 Å². The maximum atomic E-state index is 13.2. The highest BCUT2D eigenvalue weighted by atomic mass is 32.2. The van der Waals surface area contributed by atoms with Crippen molar-refractivity contribution in [2.24, 2.45) is 0 Å². The van der Waals surface area contributed by atoms with E-state index in [0.29, 0.717) is 22.6 Å². The summed E-state index contributed by atoms with van der Waals surface area (Å²) < 4.78 is 6.85. The summed E-state index contributed by atoms with van der Waals surface area (Å²) in [6.07, 6.45) is 1.95. The van der Waals surface area contributed by atoms with E-state index in [1.165, 1.54) is 11.8 Å². The maximum absolute atomic E-state index is 13.2. The van der Waals surface area contributed by atoms with Gasteiger partial charge in [0.05, 0.1) is 30.3 Å². The van der Waals surface area contributed by atoms with Crippen LogP contribution in [0.3, 0.4) is 0 Å². The summed E-state index contributed by atoms with van der Waals surface area (Å²) in [6.45, 7) is 4.46. The first-order valence-corrected chi connectivity index (χ1v) is 11.0. The third kappa shape index (κ3) is 5.42. The van der Waals surface area contributed by atoms with E-state index in [1.807, 2.05) is 49.4 Å². The summed E-state index contributed by atoms with van der Waals surface area (Å²) >= 11 is 1.29. The predicted molar refractivity (Wildman–Crippen MR) is 121 cm³/mol. The Morgan fingerprint density at radius 3 is 2.63 bits per heavy atom. The van der Waals surface area contributed by atoms with Crippen LogP contribution in [0.2, 0.25) is 0 Å². The first-order chi connectivity index (χ1) is 14.5. The van der Waals surface area contributed by atoms with Gasteiger partial charge in [0.15, 0.2) is 5.16 Å². The molecule has 158 valence electrons. The molecule has 1 N–H and O–H groups in total. The number of para-hydroxylation sites is 1. The second-order valence-electron chi connectivity index (χ2n) is 7.20. The summed E-state index contributed by atoms with van der Waals surface area (Å²) in [5, 5.41) is 4.10. The summed E-state index contributed by atoms with van der Waals surface area (Å²) in [5.74, 6) is 0.913. The van der Waals surface area contributed by atoms with Gasteiger partial charge in [-0.15, -0.1) is 0 Å². The minimum Gasteiger partial charge on any atom is -0.497 e. The fraction of sp³-hybridized carbons (Fsp3) is 0.348. The number of methoxy groups -OCH3 is 1. The number of rotatable bonds is 9. The molecule has 3 rings (SSSR count). The van der Waals surface area contributed by atoms with Crippen LogP contribution < -0.4 is 15.6 Å². The van der Waals surface area contributed by atoms with Crippen LogP contribution in [0.15, 0.2) is 58.5 Å². The van der Waals surface area contributed by atoms with Crippen LogP contribution in [0.25, 0.3) is 10.9 Å². The molecule has 0 aliphatic rings. The number of benzene rings is 2. The molecular formula is C23H27N3O3S. The second-order valence-corrected chi connectivity index (χ2v) is 8.14. The van der Waals surface area contributed by atoms with Crippen molar-refractivity contribution in [1.82, 2.24) is 14.9 Å². The number of carbonyl (C=O) groups excluding carboxylic acids is 1. The molecule has 0 saturated carbocycles. The lowest BCUT2D eigenvalue weighted by molar-refractivity contribution is -0.119. The molecule has 0 radical (unpaired) electrons. The zero-order chi connectivity index (χ0) is 21.5. The quantitative estimate of drug-likeness (QED) is 0.416. The number of hydrogen-bond donors (Lipinski definition) is 1. The lowest BCUT2D eigenvalue weighted by atomic mass is 10.2. The van der Waals surface area contributed by atoms with Crippen LogP contribution in [-0.4, -0.2) is 34.4 Å². The Bertz CT molecular complexity index is 1060. The van der Waals surface area contributed by atoms with Gasteiger partial charge < -0.3 is 10.1 Å². The van der Waals surface area contributed by atoms with Gasteiger partial charge in [0.25, 0.3) is 5.56 Å². The molecular weight excluding hydrogens is 398 g/mol. The first-order valence-electron chi connectivity index (χ1n) is 10.1. The average molecular weight is 426 g/mol. The minimum absolute atomic E-state index is 0.0562. The van der Waals surface area contributed by atoms with E-state index in [2.05, 4.69) is 17.2 Å².